The molecule has 0 fully saturated rings. The van der Waals surface area contributed by atoms with Gasteiger partial charge < -0.3 is 8.94 Å². The minimum absolute atomic E-state index is 0.544. The number of aryl methyl sites for hydroxylation is 1. The second-order valence-corrected chi connectivity index (χ2v) is 6.38. The van der Waals surface area contributed by atoms with Gasteiger partial charge in [-0.1, -0.05) is 16.9 Å². The molecule has 8 heteroatoms. The van der Waals surface area contributed by atoms with Crippen LogP contribution >= 0.6 is 11.8 Å². The fourth-order valence-corrected chi connectivity index (χ4v) is 3.24. The average Bonchev–Trinajstić information content (AvgIpc) is 3.36. The Morgan fingerprint density at radius 2 is 2.12 bits per heavy atom. The van der Waals surface area contributed by atoms with Gasteiger partial charge >= 0.3 is 0 Å². The number of rotatable bonds is 6. The predicted octanol–water partition coefficient (Wildman–Crippen LogP) is 3.57. The smallest absolute Gasteiger partial charge is 0.192 e. The lowest BCUT2D eigenvalue weighted by Gasteiger charge is -2.08. The highest BCUT2D eigenvalue weighted by molar-refractivity contribution is 7.98. The lowest BCUT2D eigenvalue weighted by molar-refractivity contribution is 0.391. The molecule has 7 nitrogen and oxygen atoms in total. The van der Waals surface area contributed by atoms with Crippen molar-refractivity contribution in [2.45, 2.75) is 24.4 Å². The van der Waals surface area contributed by atoms with Gasteiger partial charge in [0.25, 0.3) is 0 Å². The van der Waals surface area contributed by atoms with Crippen LogP contribution in [0.25, 0.3) is 11.4 Å². The molecule has 0 bridgehead atoms. The third-order valence-corrected chi connectivity index (χ3v) is 4.54. The van der Waals surface area contributed by atoms with E-state index in [2.05, 4.69) is 20.3 Å². The van der Waals surface area contributed by atoms with Crippen molar-refractivity contribution in [1.82, 2.24) is 24.9 Å². The lowest BCUT2D eigenvalue weighted by Crippen LogP contribution is -2.03. The second kappa shape index (κ2) is 6.94. The molecule has 0 saturated heterocycles. The van der Waals surface area contributed by atoms with Crippen molar-refractivity contribution >= 4 is 11.8 Å². The third-order valence-electron chi connectivity index (χ3n) is 3.55. The molecule has 4 aromatic rings. The summed E-state index contributed by atoms with van der Waals surface area (Å²) < 4.78 is 12.8. The van der Waals surface area contributed by atoms with Crippen LogP contribution < -0.4 is 0 Å². The molecule has 0 unspecified atom stereocenters. The topological polar surface area (TPSA) is 82.8 Å². The number of nitrogens with zero attached hydrogens (tertiary/aromatic N) is 5. The van der Waals surface area contributed by atoms with Crippen molar-refractivity contribution in [3.8, 4) is 11.4 Å². The summed E-state index contributed by atoms with van der Waals surface area (Å²) in [5.74, 6) is 3.02. The zero-order chi connectivity index (χ0) is 17.1. The standard InChI is InChI=1S/C17H15N5O2S/c1-12-8-15(24-21-12)11-25-17-20-19-16(13-4-2-6-18-9-13)22(17)10-14-5-3-7-23-14/h2-9H,10-11H2,1H3. The van der Waals surface area contributed by atoms with Crippen molar-refractivity contribution in [3.63, 3.8) is 0 Å². The van der Waals surface area contributed by atoms with Crippen molar-refractivity contribution in [1.29, 1.82) is 0 Å². The van der Waals surface area contributed by atoms with Gasteiger partial charge in [0.2, 0.25) is 0 Å². The summed E-state index contributed by atoms with van der Waals surface area (Å²) in [7, 11) is 0. The van der Waals surface area contributed by atoms with Gasteiger partial charge in [0.05, 0.1) is 24.3 Å². The van der Waals surface area contributed by atoms with E-state index in [1.807, 2.05) is 41.8 Å². The lowest BCUT2D eigenvalue weighted by atomic mass is 10.2. The number of pyridine rings is 1. The largest absolute Gasteiger partial charge is 0.467 e. The first-order chi connectivity index (χ1) is 12.3. The number of aromatic nitrogens is 5. The molecule has 0 aliphatic rings. The maximum Gasteiger partial charge on any atom is 0.192 e. The van der Waals surface area contributed by atoms with E-state index < -0.39 is 0 Å². The van der Waals surface area contributed by atoms with Crippen molar-refractivity contribution in [2.24, 2.45) is 0 Å². The quantitative estimate of drug-likeness (QED) is 0.490. The molecule has 4 rings (SSSR count). The minimum Gasteiger partial charge on any atom is -0.467 e. The van der Waals surface area contributed by atoms with E-state index in [0.717, 1.165) is 33.8 Å². The molecule has 0 N–H and O–H groups in total. The van der Waals surface area contributed by atoms with Crippen molar-refractivity contribution in [3.05, 3.63) is 66.2 Å². The Hall–Kier alpha value is -2.87. The van der Waals surface area contributed by atoms with Gasteiger partial charge in [0.1, 0.15) is 11.5 Å². The third kappa shape index (κ3) is 3.48. The summed E-state index contributed by atoms with van der Waals surface area (Å²) in [5.41, 5.74) is 1.77. The fraction of sp³-hybridized carbons (Fsp3) is 0.176. The number of furan rings is 1. The molecule has 0 aromatic carbocycles. The van der Waals surface area contributed by atoms with E-state index in [9.17, 15) is 0 Å². The highest BCUT2D eigenvalue weighted by atomic mass is 32.2. The van der Waals surface area contributed by atoms with E-state index in [4.69, 9.17) is 8.94 Å². The van der Waals surface area contributed by atoms with Crippen LogP contribution in [0.3, 0.4) is 0 Å². The molecule has 0 radical (unpaired) electrons. The summed E-state index contributed by atoms with van der Waals surface area (Å²) in [5, 5.41) is 13.4. The first-order valence-corrected chi connectivity index (χ1v) is 8.69. The predicted molar refractivity (Wildman–Crippen MR) is 91.9 cm³/mol. The molecule has 0 aliphatic heterocycles. The summed E-state index contributed by atoms with van der Waals surface area (Å²) in [6.45, 7) is 2.44. The molecule has 0 spiro atoms. The van der Waals surface area contributed by atoms with E-state index in [1.54, 1.807) is 30.4 Å². The van der Waals surface area contributed by atoms with Gasteiger partial charge in [-0.05, 0) is 31.2 Å². The zero-order valence-corrected chi connectivity index (χ0v) is 14.3. The van der Waals surface area contributed by atoms with Crippen LogP contribution in [-0.2, 0) is 12.3 Å². The Morgan fingerprint density at radius 1 is 1.16 bits per heavy atom. The molecule has 4 heterocycles. The van der Waals surface area contributed by atoms with Gasteiger partial charge in [-0.15, -0.1) is 10.2 Å². The summed E-state index contributed by atoms with van der Waals surface area (Å²) in [6, 6.07) is 9.56. The van der Waals surface area contributed by atoms with E-state index >= 15 is 0 Å². The van der Waals surface area contributed by atoms with Gasteiger partial charge in [-0.25, -0.2) is 0 Å². The molecular formula is C17H15N5O2S. The van der Waals surface area contributed by atoms with E-state index in [1.165, 1.54) is 0 Å². The molecule has 0 atom stereocenters. The number of thioether (sulfide) groups is 1. The number of hydrogen-bond donors (Lipinski definition) is 0. The molecule has 0 aliphatic carbocycles. The molecule has 0 saturated carbocycles. The summed E-state index contributed by atoms with van der Waals surface area (Å²) >= 11 is 1.54. The maximum atomic E-state index is 5.49. The van der Waals surface area contributed by atoms with E-state index in [0.29, 0.717) is 12.3 Å². The molecule has 126 valence electrons. The van der Waals surface area contributed by atoms with Gasteiger partial charge in [-0.3, -0.25) is 9.55 Å². The normalized spacial score (nSPS) is 11.1. The SMILES string of the molecule is Cc1cc(CSc2nnc(-c3cccnc3)n2Cc2ccco2)on1. The van der Waals surface area contributed by atoms with Crippen molar-refractivity contribution < 1.29 is 8.94 Å². The Kier molecular flexibility index (Phi) is 4.34. The first-order valence-electron chi connectivity index (χ1n) is 7.70. The second-order valence-electron chi connectivity index (χ2n) is 5.44. The summed E-state index contributed by atoms with van der Waals surface area (Å²) in [4.78, 5) is 4.17. The van der Waals surface area contributed by atoms with Gasteiger partial charge in [0, 0.05) is 24.0 Å². The highest BCUT2D eigenvalue weighted by Gasteiger charge is 2.16. The molecule has 25 heavy (non-hydrogen) atoms. The Morgan fingerprint density at radius 3 is 2.84 bits per heavy atom. The van der Waals surface area contributed by atoms with Gasteiger partial charge in [0.15, 0.2) is 11.0 Å². The Bertz CT molecular complexity index is 947. The molecular weight excluding hydrogens is 338 g/mol. The van der Waals surface area contributed by atoms with Gasteiger partial charge in [-0.2, -0.15) is 0 Å². The van der Waals surface area contributed by atoms with Crippen LogP contribution in [0.4, 0.5) is 0 Å². The highest BCUT2D eigenvalue weighted by Crippen LogP contribution is 2.27. The van der Waals surface area contributed by atoms with Crippen molar-refractivity contribution in [2.75, 3.05) is 0 Å². The van der Waals surface area contributed by atoms with Crippen LogP contribution in [0, 0.1) is 6.92 Å². The van der Waals surface area contributed by atoms with Crippen LogP contribution in [0.5, 0.6) is 0 Å². The Labute approximate surface area is 148 Å². The van der Waals surface area contributed by atoms with Crippen LogP contribution in [-0.4, -0.2) is 24.9 Å². The zero-order valence-electron chi connectivity index (χ0n) is 13.5. The Balaban J connectivity index is 1.64. The van der Waals surface area contributed by atoms with Crippen LogP contribution in [0.1, 0.15) is 17.2 Å². The van der Waals surface area contributed by atoms with Crippen LogP contribution in [0.2, 0.25) is 0 Å². The molecule has 0 amide bonds. The first kappa shape index (κ1) is 15.6. The maximum absolute atomic E-state index is 5.49. The average molecular weight is 353 g/mol. The number of hydrogen-bond acceptors (Lipinski definition) is 7. The fourth-order valence-electron chi connectivity index (χ4n) is 2.42. The minimum atomic E-state index is 0.544. The molecule has 4 aromatic heterocycles. The van der Waals surface area contributed by atoms with E-state index in [-0.39, 0.29) is 0 Å². The monoisotopic (exact) mass is 353 g/mol. The summed E-state index contributed by atoms with van der Waals surface area (Å²) in [6.07, 6.45) is 5.17. The van der Waals surface area contributed by atoms with Crippen LogP contribution in [0.15, 0.2) is 63.1 Å².